The van der Waals surface area contributed by atoms with Gasteiger partial charge < -0.3 is 11.1 Å². The number of nitrogens with one attached hydrogen (secondary N) is 1. The van der Waals surface area contributed by atoms with Crippen LogP contribution in [0.15, 0.2) is 24.3 Å². The van der Waals surface area contributed by atoms with Crippen molar-refractivity contribution in [2.24, 2.45) is 5.73 Å². The number of terminal acetylenes is 1. The molecule has 0 saturated carbocycles. The van der Waals surface area contributed by atoms with Gasteiger partial charge in [-0.1, -0.05) is 6.07 Å². The van der Waals surface area contributed by atoms with E-state index in [2.05, 4.69) is 11.2 Å². The van der Waals surface area contributed by atoms with Crippen LogP contribution in [0.25, 0.3) is 0 Å². The van der Waals surface area contributed by atoms with Crippen LogP contribution in [-0.4, -0.2) is 17.9 Å². The monoisotopic (exact) mass is 234 g/mol. The SMILES string of the molecule is C#CC[C@@H](NC(=O)c1cccc(F)c1)C(N)=O. The maximum atomic E-state index is 12.9. The van der Waals surface area contributed by atoms with Gasteiger partial charge in [0.15, 0.2) is 0 Å². The summed E-state index contributed by atoms with van der Waals surface area (Å²) in [6.45, 7) is 0. The molecule has 88 valence electrons. The molecule has 3 N–H and O–H groups in total. The summed E-state index contributed by atoms with van der Waals surface area (Å²) < 4.78 is 12.9. The largest absolute Gasteiger partial charge is 0.368 e. The highest BCUT2D eigenvalue weighted by Gasteiger charge is 2.17. The Morgan fingerprint density at radius 1 is 1.53 bits per heavy atom. The first-order valence-corrected chi connectivity index (χ1v) is 4.84. The van der Waals surface area contributed by atoms with E-state index in [1.54, 1.807) is 0 Å². The lowest BCUT2D eigenvalue weighted by Crippen LogP contribution is -2.44. The van der Waals surface area contributed by atoms with Gasteiger partial charge in [-0.15, -0.1) is 12.3 Å². The number of hydrogen-bond acceptors (Lipinski definition) is 2. The summed E-state index contributed by atoms with van der Waals surface area (Å²) in [6.07, 6.45) is 5.03. The third-order valence-corrected chi connectivity index (χ3v) is 2.06. The molecule has 2 amide bonds. The Bertz CT molecular complexity index is 480. The second-order valence-corrected chi connectivity index (χ2v) is 3.35. The highest BCUT2D eigenvalue weighted by molar-refractivity contribution is 5.97. The number of carbonyl (C=O) groups is 2. The minimum Gasteiger partial charge on any atom is -0.368 e. The molecule has 1 atom stereocenters. The summed E-state index contributed by atoms with van der Waals surface area (Å²) in [4.78, 5) is 22.6. The van der Waals surface area contributed by atoms with Gasteiger partial charge in [-0.3, -0.25) is 9.59 Å². The summed E-state index contributed by atoms with van der Waals surface area (Å²) in [5.74, 6) is 0.368. The van der Waals surface area contributed by atoms with E-state index in [0.717, 1.165) is 6.07 Å². The minimum absolute atomic E-state index is 0.00358. The summed E-state index contributed by atoms with van der Waals surface area (Å²) >= 11 is 0. The summed E-state index contributed by atoms with van der Waals surface area (Å²) in [5, 5.41) is 2.34. The third-order valence-electron chi connectivity index (χ3n) is 2.06. The summed E-state index contributed by atoms with van der Waals surface area (Å²) in [7, 11) is 0. The molecular weight excluding hydrogens is 223 g/mol. The zero-order valence-corrected chi connectivity index (χ0v) is 8.94. The number of halogens is 1. The Hall–Kier alpha value is -2.35. The van der Waals surface area contributed by atoms with Crippen molar-refractivity contribution in [3.8, 4) is 12.3 Å². The van der Waals surface area contributed by atoms with Gasteiger partial charge in [0.25, 0.3) is 5.91 Å². The average molecular weight is 234 g/mol. The fraction of sp³-hybridized carbons (Fsp3) is 0.167. The molecule has 0 aliphatic carbocycles. The third kappa shape index (κ3) is 3.61. The zero-order chi connectivity index (χ0) is 12.8. The number of amides is 2. The first-order chi connectivity index (χ1) is 8.04. The number of carbonyl (C=O) groups excluding carboxylic acids is 2. The average Bonchev–Trinajstić information content (AvgIpc) is 2.28. The van der Waals surface area contributed by atoms with Gasteiger partial charge in [0.2, 0.25) is 5.91 Å². The predicted molar refractivity (Wildman–Crippen MR) is 60.3 cm³/mol. The van der Waals surface area contributed by atoms with Crippen LogP contribution in [0.5, 0.6) is 0 Å². The molecule has 1 aromatic carbocycles. The van der Waals surface area contributed by atoms with Crippen LogP contribution in [0.3, 0.4) is 0 Å². The Kier molecular flexibility index (Phi) is 4.23. The second kappa shape index (κ2) is 5.66. The molecule has 1 aromatic rings. The van der Waals surface area contributed by atoms with E-state index in [9.17, 15) is 14.0 Å². The lowest BCUT2D eigenvalue weighted by atomic mass is 10.1. The predicted octanol–water partition coefficient (Wildman–Crippen LogP) is 0.433. The van der Waals surface area contributed by atoms with Gasteiger partial charge >= 0.3 is 0 Å². The molecule has 17 heavy (non-hydrogen) atoms. The van der Waals surface area contributed by atoms with Gasteiger partial charge in [0.1, 0.15) is 11.9 Å². The van der Waals surface area contributed by atoms with Crippen LogP contribution in [0, 0.1) is 18.2 Å². The number of hydrogen-bond donors (Lipinski definition) is 2. The van der Waals surface area contributed by atoms with Crippen LogP contribution in [-0.2, 0) is 4.79 Å². The Balaban J connectivity index is 2.78. The standard InChI is InChI=1S/C12H11FN2O2/c1-2-4-10(11(14)16)15-12(17)8-5-3-6-9(13)7-8/h1,3,5-7,10H,4H2,(H2,14,16)(H,15,17)/t10-/m1/s1. The van der Waals surface area contributed by atoms with Crippen molar-refractivity contribution in [2.45, 2.75) is 12.5 Å². The molecule has 0 aliphatic rings. The van der Waals surface area contributed by atoms with E-state index in [-0.39, 0.29) is 12.0 Å². The molecular formula is C12H11FN2O2. The smallest absolute Gasteiger partial charge is 0.252 e. The van der Waals surface area contributed by atoms with Gasteiger partial charge in [-0.2, -0.15) is 0 Å². The van der Waals surface area contributed by atoms with Crippen LogP contribution >= 0.6 is 0 Å². The molecule has 0 spiro atoms. The highest BCUT2D eigenvalue weighted by atomic mass is 19.1. The van der Waals surface area contributed by atoms with Crippen molar-refractivity contribution < 1.29 is 14.0 Å². The van der Waals surface area contributed by atoms with E-state index in [1.807, 2.05) is 0 Å². The molecule has 0 fully saturated rings. The molecule has 0 heterocycles. The van der Waals surface area contributed by atoms with Crippen LogP contribution in [0.4, 0.5) is 4.39 Å². The quantitative estimate of drug-likeness (QED) is 0.742. The van der Waals surface area contributed by atoms with Crippen LogP contribution in [0.1, 0.15) is 16.8 Å². The second-order valence-electron chi connectivity index (χ2n) is 3.35. The van der Waals surface area contributed by atoms with Crippen molar-refractivity contribution >= 4 is 11.8 Å². The van der Waals surface area contributed by atoms with Crippen LogP contribution < -0.4 is 11.1 Å². The van der Waals surface area contributed by atoms with E-state index < -0.39 is 23.7 Å². The molecule has 0 aliphatic heterocycles. The maximum absolute atomic E-state index is 12.9. The van der Waals surface area contributed by atoms with E-state index in [0.29, 0.717) is 0 Å². The van der Waals surface area contributed by atoms with Gasteiger partial charge in [-0.05, 0) is 18.2 Å². The molecule has 0 unspecified atom stereocenters. The number of primary amides is 1. The number of rotatable bonds is 4. The minimum atomic E-state index is -0.948. The maximum Gasteiger partial charge on any atom is 0.252 e. The van der Waals surface area contributed by atoms with Crippen molar-refractivity contribution in [1.82, 2.24) is 5.32 Å². The van der Waals surface area contributed by atoms with Crippen molar-refractivity contribution in [2.75, 3.05) is 0 Å². The first kappa shape index (κ1) is 12.7. The molecule has 5 heteroatoms. The molecule has 0 aromatic heterocycles. The van der Waals surface area contributed by atoms with E-state index in [1.165, 1.54) is 18.2 Å². The molecule has 1 rings (SSSR count). The first-order valence-electron chi connectivity index (χ1n) is 4.84. The van der Waals surface area contributed by atoms with E-state index in [4.69, 9.17) is 12.2 Å². The van der Waals surface area contributed by atoms with Gasteiger partial charge in [-0.25, -0.2) is 4.39 Å². The molecule has 0 radical (unpaired) electrons. The normalized spacial score (nSPS) is 11.3. The molecule has 0 saturated heterocycles. The zero-order valence-electron chi connectivity index (χ0n) is 8.94. The van der Waals surface area contributed by atoms with Crippen molar-refractivity contribution in [3.05, 3.63) is 35.6 Å². The number of benzene rings is 1. The van der Waals surface area contributed by atoms with Crippen LogP contribution in [0.2, 0.25) is 0 Å². The molecule has 4 nitrogen and oxygen atoms in total. The van der Waals surface area contributed by atoms with Crippen molar-refractivity contribution in [1.29, 1.82) is 0 Å². The number of nitrogens with two attached hydrogens (primary N) is 1. The summed E-state index contributed by atoms with van der Waals surface area (Å²) in [5.41, 5.74) is 5.16. The topological polar surface area (TPSA) is 72.2 Å². The Morgan fingerprint density at radius 2 is 2.24 bits per heavy atom. The fourth-order valence-electron chi connectivity index (χ4n) is 1.21. The van der Waals surface area contributed by atoms with Gasteiger partial charge in [0.05, 0.1) is 0 Å². The Labute approximate surface area is 98.0 Å². The molecule has 0 bridgehead atoms. The van der Waals surface area contributed by atoms with E-state index >= 15 is 0 Å². The lowest BCUT2D eigenvalue weighted by molar-refractivity contribution is -0.119. The van der Waals surface area contributed by atoms with Crippen molar-refractivity contribution in [3.63, 3.8) is 0 Å². The van der Waals surface area contributed by atoms with Gasteiger partial charge in [0, 0.05) is 12.0 Å². The highest BCUT2D eigenvalue weighted by Crippen LogP contribution is 2.04. The lowest BCUT2D eigenvalue weighted by Gasteiger charge is -2.12. The fourth-order valence-corrected chi connectivity index (χ4v) is 1.21. The summed E-state index contributed by atoms with van der Waals surface area (Å²) in [6, 6.07) is 4.14. The Morgan fingerprint density at radius 3 is 2.76 bits per heavy atom.